The zero-order chi connectivity index (χ0) is 16.3. The maximum Gasteiger partial charge on any atom is 0.512 e. The second kappa shape index (κ2) is 4.52. The predicted octanol–water partition coefficient (Wildman–Crippen LogP) is 3.49. The third-order valence-electron chi connectivity index (χ3n) is 4.50. The van der Waals surface area contributed by atoms with E-state index in [4.69, 9.17) is 9.31 Å². The van der Waals surface area contributed by atoms with Gasteiger partial charge in [-0.15, -0.1) is 0 Å². The summed E-state index contributed by atoms with van der Waals surface area (Å²) >= 11 is 0. The second-order valence-corrected chi connectivity index (χ2v) is 6.58. The fraction of sp³-hybridized carbons (Fsp3) is 0.467. The van der Waals surface area contributed by atoms with Crippen LogP contribution in [-0.2, 0) is 15.5 Å². The van der Waals surface area contributed by atoms with Gasteiger partial charge in [-0.2, -0.15) is 13.2 Å². The summed E-state index contributed by atoms with van der Waals surface area (Å²) in [4.78, 5) is 2.98. The van der Waals surface area contributed by atoms with E-state index in [-0.39, 0.29) is 5.39 Å². The van der Waals surface area contributed by atoms with Crippen molar-refractivity contribution in [3.05, 3.63) is 29.8 Å². The number of alkyl halides is 3. The summed E-state index contributed by atoms with van der Waals surface area (Å²) in [5.74, 6) is 0. The van der Waals surface area contributed by atoms with E-state index in [1.807, 2.05) is 27.7 Å². The zero-order valence-electron chi connectivity index (χ0n) is 12.8. The van der Waals surface area contributed by atoms with Crippen LogP contribution in [0, 0.1) is 0 Å². The van der Waals surface area contributed by atoms with Gasteiger partial charge in [-0.05, 0) is 45.9 Å². The number of halogens is 3. The Balaban J connectivity index is 2.04. The molecule has 3 rings (SSSR count). The Morgan fingerprint density at radius 3 is 2.18 bits per heavy atom. The number of H-pyrrole nitrogens is 1. The molecular weight excluding hydrogens is 294 g/mol. The van der Waals surface area contributed by atoms with Crippen molar-refractivity contribution >= 4 is 23.6 Å². The Bertz CT molecular complexity index is 705. The quantitative estimate of drug-likeness (QED) is 0.818. The Kier molecular flexibility index (Phi) is 3.17. The van der Waals surface area contributed by atoms with Gasteiger partial charge in [0.2, 0.25) is 0 Å². The van der Waals surface area contributed by atoms with Gasteiger partial charge in [0.15, 0.2) is 0 Å². The lowest BCUT2D eigenvalue weighted by Gasteiger charge is -2.32. The van der Waals surface area contributed by atoms with Gasteiger partial charge in [0.05, 0.1) is 16.8 Å². The average Bonchev–Trinajstić information content (AvgIpc) is 2.87. The SMILES string of the molecule is CC1(C)OB(c2cc3c(C(F)(F)F)cccc3[nH]2)OC1(C)C. The number of hydrogen-bond donors (Lipinski definition) is 1. The molecule has 0 spiro atoms. The lowest BCUT2D eigenvalue weighted by Crippen LogP contribution is -2.41. The third kappa shape index (κ3) is 2.32. The first-order valence-corrected chi connectivity index (χ1v) is 7.06. The third-order valence-corrected chi connectivity index (χ3v) is 4.50. The first kappa shape index (κ1) is 15.4. The van der Waals surface area contributed by atoms with Gasteiger partial charge in [0, 0.05) is 16.5 Å². The summed E-state index contributed by atoms with van der Waals surface area (Å²) in [5, 5.41) is 0.125. The molecule has 0 saturated carbocycles. The highest BCUT2D eigenvalue weighted by molar-refractivity contribution is 6.61. The van der Waals surface area contributed by atoms with Crippen LogP contribution in [0.4, 0.5) is 13.2 Å². The Hall–Kier alpha value is -1.47. The lowest BCUT2D eigenvalue weighted by atomic mass is 9.85. The van der Waals surface area contributed by atoms with Crippen molar-refractivity contribution in [2.24, 2.45) is 0 Å². The second-order valence-electron chi connectivity index (χ2n) is 6.58. The first-order valence-electron chi connectivity index (χ1n) is 7.06. The van der Waals surface area contributed by atoms with Crippen molar-refractivity contribution in [1.82, 2.24) is 4.98 Å². The van der Waals surface area contributed by atoms with Gasteiger partial charge in [-0.3, -0.25) is 0 Å². The minimum Gasteiger partial charge on any atom is -0.398 e. The molecule has 1 aliphatic heterocycles. The molecule has 3 nitrogen and oxygen atoms in total. The summed E-state index contributed by atoms with van der Waals surface area (Å²) in [7, 11) is -0.710. The molecule has 118 valence electrons. The molecule has 0 atom stereocenters. The van der Waals surface area contributed by atoms with Crippen molar-refractivity contribution in [3.8, 4) is 0 Å². The number of aromatic amines is 1. The van der Waals surface area contributed by atoms with Gasteiger partial charge < -0.3 is 14.3 Å². The molecule has 0 radical (unpaired) electrons. The van der Waals surface area contributed by atoms with Crippen molar-refractivity contribution in [1.29, 1.82) is 0 Å². The maximum absolute atomic E-state index is 13.1. The van der Waals surface area contributed by atoms with E-state index in [9.17, 15) is 13.2 Å². The highest BCUT2D eigenvalue weighted by Crippen LogP contribution is 2.38. The Morgan fingerprint density at radius 2 is 1.64 bits per heavy atom. The van der Waals surface area contributed by atoms with E-state index in [1.165, 1.54) is 12.1 Å². The first-order chi connectivity index (χ1) is 10.0. The maximum atomic E-state index is 13.1. The van der Waals surface area contributed by atoms with Gasteiger partial charge in [-0.1, -0.05) is 6.07 Å². The van der Waals surface area contributed by atoms with Gasteiger partial charge in [0.1, 0.15) is 0 Å². The molecular formula is C15H17BF3NO2. The monoisotopic (exact) mass is 311 g/mol. The largest absolute Gasteiger partial charge is 0.512 e. The van der Waals surface area contributed by atoms with Gasteiger partial charge >= 0.3 is 13.3 Å². The molecule has 1 aromatic carbocycles. The number of hydrogen-bond acceptors (Lipinski definition) is 2. The summed E-state index contributed by atoms with van der Waals surface area (Å²) in [6.45, 7) is 7.60. The molecule has 7 heteroatoms. The lowest BCUT2D eigenvalue weighted by molar-refractivity contribution is -0.136. The van der Waals surface area contributed by atoms with Gasteiger partial charge in [0.25, 0.3) is 0 Å². The highest BCUT2D eigenvalue weighted by atomic mass is 19.4. The predicted molar refractivity (Wildman–Crippen MR) is 79.0 cm³/mol. The molecule has 2 heterocycles. The van der Waals surface area contributed by atoms with Crippen molar-refractivity contribution < 1.29 is 22.5 Å². The van der Waals surface area contributed by atoms with Crippen LogP contribution in [0.1, 0.15) is 33.3 Å². The number of aromatic nitrogens is 1. The number of benzene rings is 1. The number of nitrogens with one attached hydrogen (secondary N) is 1. The molecule has 0 aliphatic carbocycles. The van der Waals surface area contributed by atoms with E-state index in [0.717, 1.165) is 6.07 Å². The number of fused-ring (bicyclic) bond motifs is 1. The minimum atomic E-state index is -4.39. The Labute approximate surface area is 126 Å². The van der Waals surface area contributed by atoms with Crippen LogP contribution < -0.4 is 5.59 Å². The molecule has 1 saturated heterocycles. The van der Waals surface area contributed by atoms with E-state index in [1.54, 1.807) is 6.07 Å². The Morgan fingerprint density at radius 1 is 1.05 bits per heavy atom. The molecule has 22 heavy (non-hydrogen) atoms. The van der Waals surface area contributed by atoms with Crippen LogP contribution in [0.3, 0.4) is 0 Å². The number of rotatable bonds is 1. The highest BCUT2D eigenvalue weighted by Gasteiger charge is 2.52. The summed E-state index contributed by atoms with van der Waals surface area (Å²) in [5.41, 5.74) is -0.835. The molecule has 0 bridgehead atoms. The van der Waals surface area contributed by atoms with Crippen LogP contribution >= 0.6 is 0 Å². The van der Waals surface area contributed by atoms with Crippen LogP contribution in [0.5, 0.6) is 0 Å². The topological polar surface area (TPSA) is 34.2 Å². The molecule has 0 amide bonds. The summed E-state index contributed by atoms with van der Waals surface area (Å²) < 4.78 is 51.0. The van der Waals surface area contributed by atoms with E-state index in [0.29, 0.717) is 11.1 Å². The van der Waals surface area contributed by atoms with Crippen molar-refractivity contribution in [2.45, 2.75) is 45.1 Å². The fourth-order valence-corrected chi connectivity index (χ4v) is 2.52. The molecule has 1 aliphatic rings. The molecule has 1 N–H and O–H groups in total. The summed E-state index contributed by atoms with van der Waals surface area (Å²) in [6, 6.07) is 5.53. The van der Waals surface area contributed by atoms with Crippen molar-refractivity contribution in [2.75, 3.05) is 0 Å². The summed E-state index contributed by atoms with van der Waals surface area (Å²) in [6.07, 6.45) is -4.39. The fourth-order valence-electron chi connectivity index (χ4n) is 2.52. The van der Waals surface area contributed by atoms with E-state index < -0.39 is 30.1 Å². The standard InChI is InChI=1S/C15H17BF3NO2/c1-13(2)14(3,4)22-16(21-13)12-8-9-10(15(17,18)19)6-5-7-11(9)20-12/h5-8,20H,1-4H3. The van der Waals surface area contributed by atoms with Crippen LogP contribution in [0.15, 0.2) is 24.3 Å². The minimum absolute atomic E-state index is 0.125. The van der Waals surface area contributed by atoms with E-state index in [2.05, 4.69) is 4.98 Å². The van der Waals surface area contributed by atoms with Crippen LogP contribution in [-0.4, -0.2) is 23.3 Å². The molecule has 0 unspecified atom stereocenters. The zero-order valence-corrected chi connectivity index (χ0v) is 12.8. The van der Waals surface area contributed by atoms with Crippen molar-refractivity contribution in [3.63, 3.8) is 0 Å². The molecule has 1 aromatic heterocycles. The van der Waals surface area contributed by atoms with E-state index >= 15 is 0 Å². The normalized spacial score (nSPS) is 20.8. The smallest absolute Gasteiger partial charge is 0.398 e. The molecule has 2 aromatic rings. The molecule has 1 fully saturated rings. The van der Waals surface area contributed by atoms with Gasteiger partial charge in [-0.25, -0.2) is 0 Å². The van der Waals surface area contributed by atoms with Crippen LogP contribution in [0.25, 0.3) is 10.9 Å². The average molecular weight is 311 g/mol. The van der Waals surface area contributed by atoms with Crippen LogP contribution in [0.2, 0.25) is 0 Å².